The second kappa shape index (κ2) is 9.31. The Hall–Kier alpha value is -3.53. The molecule has 0 fully saturated rings. The molecule has 0 amide bonds. The minimum absolute atomic E-state index is 0.234. The first kappa shape index (κ1) is 19.8. The lowest BCUT2D eigenvalue weighted by atomic mass is 9.97. The van der Waals surface area contributed by atoms with E-state index in [9.17, 15) is 4.79 Å². The number of benzene rings is 2. The first-order chi connectivity index (χ1) is 14.7. The number of aromatic nitrogens is 3. The van der Waals surface area contributed by atoms with Crippen LogP contribution in [0.25, 0.3) is 11.4 Å². The zero-order valence-corrected chi connectivity index (χ0v) is 17.1. The molecule has 0 aliphatic rings. The predicted octanol–water partition coefficient (Wildman–Crippen LogP) is 4.98. The second-order valence-corrected chi connectivity index (χ2v) is 7.45. The number of hydrogen-bond acceptors (Lipinski definition) is 3. The molecule has 0 aliphatic carbocycles. The Balaban J connectivity index is 1.44. The van der Waals surface area contributed by atoms with Crippen molar-refractivity contribution in [3.63, 3.8) is 0 Å². The van der Waals surface area contributed by atoms with Crippen LogP contribution in [0.3, 0.4) is 0 Å². The number of H-pyrrole nitrogens is 1. The molecular formula is C26H25N3O. The van der Waals surface area contributed by atoms with Crippen LogP contribution in [0.1, 0.15) is 35.0 Å². The monoisotopic (exact) mass is 395 g/mol. The van der Waals surface area contributed by atoms with Gasteiger partial charge in [0, 0.05) is 31.7 Å². The topological polar surface area (TPSA) is 58.6 Å². The lowest BCUT2D eigenvalue weighted by Crippen LogP contribution is -2.08. The normalized spacial score (nSPS) is 10.8. The van der Waals surface area contributed by atoms with Crippen LogP contribution in [0, 0.1) is 0 Å². The van der Waals surface area contributed by atoms with Crippen LogP contribution in [0.15, 0.2) is 79.1 Å². The second-order valence-electron chi connectivity index (χ2n) is 7.45. The van der Waals surface area contributed by atoms with E-state index in [2.05, 4.69) is 46.1 Å². The molecule has 4 rings (SSSR count). The Morgan fingerprint density at radius 1 is 0.900 bits per heavy atom. The fourth-order valence-corrected chi connectivity index (χ4v) is 3.73. The molecular weight excluding hydrogens is 370 g/mol. The van der Waals surface area contributed by atoms with E-state index in [4.69, 9.17) is 0 Å². The summed E-state index contributed by atoms with van der Waals surface area (Å²) in [6, 6.07) is 22.2. The molecule has 2 heterocycles. The van der Waals surface area contributed by atoms with Crippen LogP contribution in [0.2, 0.25) is 0 Å². The Labute approximate surface area is 177 Å². The summed E-state index contributed by atoms with van der Waals surface area (Å²) >= 11 is 0. The van der Waals surface area contributed by atoms with Gasteiger partial charge >= 0.3 is 0 Å². The van der Waals surface area contributed by atoms with Gasteiger partial charge in [-0.05, 0) is 46.9 Å². The van der Waals surface area contributed by atoms with Crippen molar-refractivity contribution in [2.75, 3.05) is 0 Å². The molecule has 30 heavy (non-hydrogen) atoms. The van der Waals surface area contributed by atoms with Crippen LogP contribution in [0.4, 0.5) is 0 Å². The number of aryl methyl sites for hydroxylation is 1. The number of ketones is 1. The average Bonchev–Trinajstić information content (AvgIpc) is 3.29. The van der Waals surface area contributed by atoms with Crippen LogP contribution < -0.4 is 0 Å². The molecule has 4 aromatic rings. The molecule has 2 aromatic carbocycles. The van der Waals surface area contributed by atoms with Gasteiger partial charge in [-0.15, -0.1) is 0 Å². The van der Waals surface area contributed by atoms with E-state index < -0.39 is 0 Å². The fourth-order valence-electron chi connectivity index (χ4n) is 3.73. The van der Waals surface area contributed by atoms with Gasteiger partial charge in [0.05, 0.1) is 11.4 Å². The lowest BCUT2D eigenvalue weighted by Gasteiger charge is -2.08. The van der Waals surface area contributed by atoms with Gasteiger partial charge < -0.3 is 4.98 Å². The quantitative estimate of drug-likeness (QED) is 0.458. The summed E-state index contributed by atoms with van der Waals surface area (Å²) in [7, 11) is 0. The summed E-state index contributed by atoms with van der Waals surface area (Å²) in [6.45, 7) is 2.12. The molecule has 4 nitrogen and oxygen atoms in total. The van der Waals surface area contributed by atoms with E-state index in [0.29, 0.717) is 19.3 Å². The highest BCUT2D eigenvalue weighted by atomic mass is 16.1. The van der Waals surface area contributed by atoms with Gasteiger partial charge in [0.1, 0.15) is 11.6 Å². The summed E-state index contributed by atoms with van der Waals surface area (Å²) in [4.78, 5) is 24.9. The molecule has 0 bridgehead atoms. The molecule has 0 saturated carbocycles. The van der Waals surface area contributed by atoms with Crippen molar-refractivity contribution in [1.29, 1.82) is 0 Å². The predicted molar refractivity (Wildman–Crippen MR) is 119 cm³/mol. The molecule has 0 unspecified atom stereocenters. The zero-order chi connectivity index (χ0) is 20.8. The summed E-state index contributed by atoms with van der Waals surface area (Å²) in [5, 5.41) is 0. The van der Waals surface area contributed by atoms with E-state index in [0.717, 1.165) is 40.3 Å². The van der Waals surface area contributed by atoms with Crippen molar-refractivity contribution < 1.29 is 4.79 Å². The minimum atomic E-state index is 0.234. The maximum Gasteiger partial charge on any atom is 0.141 e. The summed E-state index contributed by atoms with van der Waals surface area (Å²) < 4.78 is 0. The SMILES string of the molecule is CCc1ccccc1CC(=O)Cc1cccc(Cc2nccc(-c3ccc[nH]3)n2)c1. The molecule has 150 valence electrons. The molecule has 0 atom stereocenters. The van der Waals surface area contributed by atoms with Crippen LogP contribution in [0.5, 0.6) is 0 Å². The highest BCUT2D eigenvalue weighted by Crippen LogP contribution is 2.16. The molecule has 4 heteroatoms. The smallest absolute Gasteiger partial charge is 0.141 e. The summed E-state index contributed by atoms with van der Waals surface area (Å²) in [5.74, 6) is 1.00. The van der Waals surface area contributed by atoms with Gasteiger partial charge in [0.2, 0.25) is 0 Å². The third kappa shape index (κ3) is 4.90. The molecule has 2 aromatic heterocycles. The maximum absolute atomic E-state index is 12.7. The number of Topliss-reactive ketones (excluding diaryl/α,β-unsaturated/α-hetero) is 1. The number of carbonyl (C=O) groups excluding carboxylic acids is 1. The van der Waals surface area contributed by atoms with Gasteiger partial charge in [0.15, 0.2) is 0 Å². The maximum atomic E-state index is 12.7. The minimum Gasteiger partial charge on any atom is -0.360 e. The van der Waals surface area contributed by atoms with Gasteiger partial charge in [-0.1, -0.05) is 55.5 Å². The van der Waals surface area contributed by atoms with E-state index in [1.165, 1.54) is 5.56 Å². The molecule has 0 aliphatic heterocycles. The number of carbonyl (C=O) groups is 1. The Morgan fingerprint density at radius 3 is 2.53 bits per heavy atom. The van der Waals surface area contributed by atoms with Crippen LogP contribution in [-0.4, -0.2) is 20.7 Å². The molecule has 0 radical (unpaired) electrons. The van der Waals surface area contributed by atoms with E-state index >= 15 is 0 Å². The summed E-state index contributed by atoms with van der Waals surface area (Å²) in [6.07, 6.45) is 6.17. The van der Waals surface area contributed by atoms with Gasteiger partial charge in [0.25, 0.3) is 0 Å². The van der Waals surface area contributed by atoms with Gasteiger partial charge in [-0.25, -0.2) is 9.97 Å². The zero-order valence-electron chi connectivity index (χ0n) is 17.1. The number of aromatic amines is 1. The van der Waals surface area contributed by atoms with Crippen molar-refractivity contribution in [2.24, 2.45) is 0 Å². The van der Waals surface area contributed by atoms with Crippen molar-refractivity contribution in [2.45, 2.75) is 32.6 Å². The summed E-state index contributed by atoms with van der Waals surface area (Å²) in [5.41, 5.74) is 6.38. The van der Waals surface area contributed by atoms with Gasteiger partial charge in [-0.2, -0.15) is 0 Å². The Kier molecular flexibility index (Phi) is 6.14. The highest BCUT2D eigenvalue weighted by molar-refractivity contribution is 5.83. The van der Waals surface area contributed by atoms with E-state index in [-0.39, 0.29) is 5.78 Å². The number of nitrogens with one attached hydrogen (secondary N) is 1. The number of rotatable bonds is 8. The largest absolute Gasteiger partial charge is 0.360 e. The van der Waals surface area contributed by atoms with Crippen LogP contribution >= 0.6 is 0 Å². The van der Waals surface area contributed by atoms with Gasteiger partial charge in [-0.3, -0.25) is 4.79 Å². The Bertz CT molecular complexity index is 1130. The third-order valence-corrected chi connectivity index (χ3v) is 5.22. The number of hydrogen-bond donors (Lipinski definition) is 1. The van der Waals surface area contributed by atoms with Crippen molar-refractivity contribution in [1.82, 2.24) is 15.0 Å². The number of nitrogens with zero attached hydrogens (tertiary/aromatic N) is 2. The highest BCUT2D eigenvalue weighted by Gasteiger charge is 2.10. The molecule has 0 spiro atoms. The molecule has 0 saturated heterocycles. The first-order valence-electron chi connectivity index (χ1n) is 10.3. The first-order valence-corrected chi connectivity index (χ1v) is 10.3. The van der Waals surface area contributed by atoms with Crippen LogP contribution in [-0.2, 0) is 30.5 Å². The Morgan fingerprint density at radius 2 is 1.73 bits per heavy atom. The van der Waals surface area contributed by atoms with E-state index in [1.807, 2.05) is 48.7 Å². The third-order valence-electron chi connectivity index (χ3n) is 5.22. The lowest BCUT2D eigenvalue weighted by molar-refractivity contribution is -0.117. The fraction of sp³-hybridized carbons (Fsp3) is 0.192. The van der Waals surface area contributed by atoms with Crippen molar-refractivity contribution in [3.8, 4) is 11.4 Å². The van der Waals surface area contributed by atoms with Crippen molar-refractivity contribution >= 4 is 5.78 Å². The van der Waals surface area contributed by atoms with Crippen molar-refractivity contribution in [3.05, 3.63) is 107 Å². The van der Waals surface area contributed by atoms with E-state index in [1.54, 1.807) is 6.20 Å². The average molecular weight is 396 g/mol. The molecule has 1 N–H and O–H groups in total. The standard InChI is InChI=1S/C26H25N3O/c1-2-21-9-3-4-10-22(21)18-23(30)16-19-7-5-8-20(15-19)17-26-28-14-12-25(29-26)24-11-6-13-27-24/h3-15,27H,2,16-18H2,1H3.